The van der Waals surface area contributed by atoms with E-state index >= 15 is 0 Å². The van der Waals surface area contributed by atoms with Gasteiger partial charge in [0.15, 0.2) is 5.96 Å². The Bertz CT molecular complexity index is 406. The van der Waals surface area contributed by atoms with E-state index in [9.17, 15) is 0 Å². The minimum atomic E-state index is 0. The lowest BCUT2D eigenvalue weighted by Crippen LogP contribution is -2.48. The van der Waals surface area contributed by atoms with Crippen LogP contribution in [0.3, 0.4) is 0 Å². The van der Waals surface area contributed by atoms with Gasteiger partial charge in [-0.05, 0) is 31.1 Å². The Morgan fingerprint density at radius 3 is 2.54 bits per heavy atom. The number of ether oxygens (including phenoxy) is 1. The van der Waals surface area contributed by atoms with Crippen LogP contribution < -0.4 is 5.32 Å². The maximum absolute atomic E-state index is 5.48. The van der Waals surface area contributed by atoms with Crippen LogP contribution in [0, 0.1) is 5.41 Å². The monoisotopic (exact) mass is 450 g/mol. The minimum absolute atomic E-state index is 0. The summed E-state index contributed by atoms with van der Waals surface area (Å²) in [5.74, 6) is 1.11. The Labute approximate surface area is 164 Å². The zero-order valence-electron chi connectivity index (χ0n) is 15.4. The molecule has 1 N–H and O–H groups in total. The summed E-state index contributed by atoms with van der Waals surface area (Å²) in [5.41, 5.74) is 0.513. The fourth-order valence-electron chi connectivity index (χ4n) is 4.55. The number of aliphatic imine (C=N–C) groups is 1. The normalized spacial score (nSPS) is 28.0. The Kier molecular flexibility index (Phi) is 8.07. The van der Waals surface area contributed by atoms with Crippen LogP contribution in [0.1, 0.15) is 45.4 Å². The molecule has 0 aromatic heterocycles. The first-order chi connectivity index (χ1) is 11.3. The highest BCUT2D eigenvalue weighted by atomic mass is 127. The van der Waals surface area contributed by atoms with Crippen LogP contribution in [0.4, 0.5) is 0 Å². The van der Waals surface area contributed by atoms with Crippen LogP contribution in [0.2, 0.25) is 0 Å². The fraction of sp³-hybridized carbons (Fsp3) is 0.944. The summed E-state index contributed by atoms with van der Waals surface area (Å²) < 4.78 is 5.48. The zero-order chi connectivity index (χ0) is 16.1. The molecular weight excluding hydrogens is 415 g/mol. The SMILES string of the molecule is CCC1(CNC(=NC)N2CCC(N3CCOCC3)C2)CCCC1.I. The molecule has 3 aliphatic rings. The Hall–Kier alpha value is -0.0800. The maximum atomic E-state index is 5.48. The number of nitrogens with one attached hydrogen (secondary N) is 1. The summed E-state index contributed by atoms with van der Waals surface area (Å²) in [4.78, 5) is 9.62. The molecule has 2 heterocycles. The van der Waals surface area contributed by atoms with Gasteiger partial charge in [0.25, 0.3) is 0 Å². The lowest BCUT2D eigenvalue weighted by molar-refractivity contribution is 0.0194. The highest BCUT2D eigenvalue weighted by molar-refractivity contribution is 14.0. The van der Waals surface area contributed by atoms with E-state index in [0.29, 0.717) is 11.5 Å². The second kappa shape index (κ2) is 9.57. The Morgan fingerprint density at radius 2 is 1.92 bits per heavy atom. The fourth-order valence-corrected chi connectivity index (χ4v) is 4.55. The molecule has 24 heavy (non-hydrogen) atoms. The van der Waals surface area contributed by atoms with Gasteiger partial charge in [-0.15, -0.1) is 24.0 Å². The van der Waals surface area contributed by atoms with Gasteiger partial charge >= 0.3 is 0 Å². The smallest absolute Gasteiger partial charge is 0.193 e. The van der Waals surface area contributed by atoms with Crippen molar-refractivity contribution in [3.05, 3.63) is 0 Å². The summed E-state index contributed by atoms with van der Waals surface area (Å²) in [7, 11) is 1.93. The molecule has 0 aromatic carbocycles. The standard InChI is InChI=1S/C18H34N4O.HI/c1-3-18(7-4-5-8-18)15-20-17(19-2)22-9-6-16(14-22)21-10-12-23-13-11-21;/h16H,3-15H2,1-2H3,(H,19,20);1H. The quantitative estimate of drug-likeness (QED) is 0.406. The van der Waals surface area contributed by atoms with Crippen molar-refractivity contribution >= 4 is 29.9 Å². The molecule has 2 saturated heterocycles. The number of morpholine rings is 1. The topological polar surface area (TPSA) is 40.1 Å². The van der Waals surface area contributed by atoms with Crippen LogP contribution in [0.15, 0.2) is 4.99 Å². The van der Waals surface area contributed by atoms with Crippen LogP contribution >= 0.6 is 24.0 Å². The molecule has 0 spiro atoms. The number of hydrogen-bond donors (Lipinski definition) is 1. The lowest BCUT2D eigenvalue weighted by Gasteiger charge is -2.33. The second-order valence-electron chi connectivity index (χ2n) is 7.50. The number of rotatable bonds is 4. The van der Waals surface area contributed by atoms with Gasteiger partial charge in [0, 0.05) is 45.8 Å². The Morgan fingerprint density at radius 1 is 1.21 bits per heavy atom. The first-order valence-electron chi connectivity index (χ1n) is 9.54. The molecular formula is C18H35IN4O. The van der Waals surface area contributed by atoms with Crippen molar-refractivity contribution in [3.63, 3.8) is 0 Å². The van der Waals surface area contributed by atoms with Crippen molar-refractivity contribution in [2.45, 2.75) is 51.5 Å². The van der Waals surface area contributed by atoms with Crippen molar-refractivity contribution < 1.29 is 4.74 Å². The van der Waals surface area contributed by atoms with E-state index in [-0.39, 0.29) is 24.0 Å². The average Bonchev–Trinajstić information content (AvgIpc) is 3.27. The summed E-state index contributed by atoms with van der Waals surface area (Å²) in [6.07, 6.45) is 8.09. The molecule has 3 fully saturated rings. The number of likely N-dealkylation sites (tertiary alicyclic amines) is 1. The summed E-state index contributed by atoms with van der Waals surface area (Å²) >= 11 is 0. The molecule has 0 amide bonds. The van der Waals surface area contributed by atoms with Gasteiger partial charge in [0.05, 0.1) is 13.2 Å². The summed E-state index contributed by atoms with van der Waals surface area (Å²) in [5, 5.41) is 3.70. The van der Waals surface area contributed by atoms with Gasteiger partial charge in [0.2, 0.25) is 0 Å². The van der Waals surface area contributed by atoms with E-state index in [1.807, 2.05) is 7.05 Å². The van der Waals surface area contributed by atoms with E-state index in [1.54, 1.807) is 0 Å². The highest BCUT2D eigenvalue weighted by Gasteiger charge is 2.34. The van der Waals surface area contributed by atoms with Crippen LogP contribution in [-0.2, 0) is 4.74 Å². The largest absolute Gasteiger partial charge is 0.379 e. The lowest BCUT2D eigenvalue weighted by atomic mass is 9.83. The van der Waals surface area contributed by atoms with E-state index in [1.165, 1.54) is 38.5 Å². The maximum Gasteiger partial charge on any atom is 0.193 e. The zero-order valence-corrected chi connectivity index (χ0v) is 17.8. The van der Waals surface area contributed by atoms with E-state index in [0.717, 1.165) is 51.9 Å². The summed E-state index contributed by atoms with van der Waals surface area (Å²) in [6.45, 7) is 9.63. The number of hydrogen-bond acceptors (Lipinski definition) is 3. The highest BCUT2D eigenvalue weighted by Crippen LogP contribution is 2.40. The molecule has 0 aromatic rings. The predicted octanol–water partition coefficient (Wildman–Crippen LogP) is 2.56. The van der Waals surface area contributed by atoms with Gasteiger partial charge in [-0.3, -0.25) is 9.89 Å². The van der Waals surface area contributed by atoms with Gasteiger partial charge in [-0.25, -0.2) is 0 Å². The predicted molar refractivity (Wildman–Crippen MR) is 110 cm³/mol. The molecule has 5 nitrogen and oxygen atoms in total. The van der Waals surface area contributed by atoms with Gasteiger partial charge in [-0.2, -0.15) is 0 Å². The van der Waals surface area contributed by atoms with Gasteiger partial charge < -0.3 is 15.0 Å². The molecule has 3 rings (SSSR count). The number of guanidine groups is 1. The van der Waals surface area contributed by atoms with E-state index in [4.69, 9.17) is 4.74 Å². The van der Waals surface area contributed by atoms with Gasteiger partial charge in [0.1, 0.15) is 0 Å². The molecule has 0 radical (unpaired) electrons. The van der Waals surface area contributed by atoms with E-state index < -0.39 is 0 Å². The van der Waals surface area contributed by atoms with E-state index in [2.05, 4.69) is 27.0 Å². The van der Waals surface area contributed by atoms with Crippen LogP contribution in [0.25, 0.3) is 0 Å². The molecule has 1 saturated carbocycles. The van der Waals surface area contributed by atoms with Crippen molar-refractivity contribution in [2.75, 3.05) is 53.0 Å². The summed E-state index contributed by atoms with van der Waals surface area (Å²) in [6, 6.07) is 0.670. The number of nitrogens with zero attached hydrogens (tertiary/aromatic N) is 3. The van der Waals surface area contributed by atoms with Gasteiger partial charge in [-0.1, -0.05) is 19.8 Å². The first-order valence-corrected chi connectivity index (χ1v) is 9.54. The number of halogens is 1. The Balaban J connectivity index is 0.00000208. The first kappa shape index (κ1) is 20.2. The van der Waals surface area contributed by atoms with Crippen molar-refractivity contribution in [2.24, 2.45) is 10.4 Å². The second-order valence-corrected chi connectivity index (χ2v) is 7.50. The molecule has 140 valence electrons. The molecule has 6 heteroatoms. The van der Waals surface area contributed by atoms with Crippen LogP contribution in [0.5, 0.6) is 0 Å². The molecule has 1 aliphatic carbocycles. The third kappa shape index (κ3) is 4.75. The molecule has 1 atom stereocenters. The minimum Gasteiger partial charge on any atom is -0.379 e. The van der Waals surface area contributed by atoms with Crippen molar-refractivity contribution in [3.8, 4) is 0 Å². The molecule has 2 aliphatic heterocycles. The molecule has 0 bridgehead atoms. The van der Waals surface area contributed by atoms with Crippen molar-refractivity contribution in [1.29, 1.82) is 0 Å². The average molecular weight is 450 g/mol. The van der Waals surface area contributed by atoms with Crippen molar-refractivity contribution in [1.82, 2.24) is 15.1 Å². The third-order valence-electron chi connectivity index (χ3n) is 6.27. The third-order valence-corrected chi connectivity index (χ3v) is 6.27. The molecule has 1 unspecified atom stereocenters. The van der Waals surface area contributed by atoms with Crippen LogP contribution in [-0.4, -0.2) is 74.8 Å².